The summed E-state index contributed by atoms with van der Waals surface area (Å²) in [6, 6.07) is 8.26. The van der Waals surface area contributed by atoms with Crippen molar-refractivity contribution in [1.29, 1.82) is 0 Å². The van der Waals surface area contributed by atoms with Crippen molar-refractivity contribution in [3.63, 3.8) is 0 Å². The summed E-state index contributed by atoms with van der Waals surface area (Å²) in [5.41, 5.74) is 0.853. The van der Waals surface area contributed by atoms with E-state index in [1.807, 2.05) is 30.3 Å². The van der Waals surface area contributed by atoms with E-state index in [9.17, 15) is 13.6 Å². The van der Waals surface area contributed by atoms with E-state index in [1.54, 1.807) is 0 Å². The summed E-state index contributed by atoms with van der Waals surface area (Å²) in [5.74, 6) is -0.653. The van der Waals surface area contributed by atoms with Crippen LogP contribution in [0, 0.1) is 5.92 Å². The van der Waals surface area contributed by atoms with E-state index in [0.717, 1.165) is 5.56 Å². The van der Waals surface area contributed by atoms with Crippen molar-refractivity contribution in [3.05, 3.63) is 35.9 Å². The third-order valence-electron chi connectivity index (χ3n) is 3.68. The van der Waals surface area contributed by atoms with Crippen LogP contribution in [-0.2, 0) is 11.3 Å². The number of carbonyl (C=O) groups is 1. The van der Waals surface area contributed by atoms with Crippen LogP contribution in [0.2, 0.25) is 0 Å². The summed E-state index contributed by atoms with van der Waals surface area (Å²) in [6.45, 7) is 0.252. The Labute approximate surface area is 103 Å². The van der Waals surface area contributed by atoms with E-state index in [1.165, 1.54) is 4.90 Å². The van der Waals surface area contributed by atoms with E-state index >= 15 is 0 Å². The highest BCUT2D eigenvalue weighted by molar-refractivity contribution is 5.69. The highest BCUT2D eigenvalue weighted by Gasteiger charge is 2.63. The maximum absolute atomic E-state index is 13.3. The van der Waals surface area contributed by atoms with Crippen molar-refractivity contribution in [2.45, 2.75) is 25.0 Å². The topological polar surface area (TPSA) is 29.5 Å². The third-order valence-corrected chi connectivity index (χ3v) is 3.68. The molecule has 0 unspecified atom stereocenters. The summed E-state index contributed by atoms with van der Waals surface area (Å²) >= 11 is 0. The first kappa shape index (κ1) is 11.4. The minimum atomic E-state index is -1.23. The molecule has 3 fully saturated rings. The summed E-state index contributed by atoms with van der Waals surface area (Å²) < 4.78 is 31.7. The number of halogens is 2. The van der Waals surface area contributed by atoms with Crippen LogP contribution >= 0.6 is 0 Å². The first-order valence-electron chi connectivity index (χ1n) is 5.94. The number of rotatable bonds is 2. The van der Waals surface area contributed by atoms with Gasteiger partial charge in [0.2, 0.25) is 0 Å². The van der Waals surface area contributed by atoms with Crippen LogP contribution in [0.15, 0.2) is 30.3 Å². The highest BCUT2D eigenvalue weighted by Crippen LogP contribution is 2.45. The molecule has 0 aromatic heterocycles. The zero-order valence-electron chi connectivity index (χ0n) is 9.63. The van der Waals surface area contributed by atoms with Crippen molar-refractivity contribution in [3.8, 4) is 0 Å². The van der Waals surface area contributed by atoms with Gasteiger partial charge in [-0.15, -0.1) is 0 Å². The Hall–Kier alpha value is -1.65. The van der Waals surface area contributed by atoms with Crippen LogP contribution in [0.25, 0.3) is 0 Å². The Kier molecular flexibility index (Phi) is 2.69. The summed E-state index contributed by atoms with van der Waals surface area (Å²) in [7, 11) is 0. The molecule has 1 amide bonds. The van der Waals surface area contributed by atoms with Gasteiger partial charge in [-0.05, 0) is 5.56 Å². The minimum absolute atomic E-state index is 0.126. The third kappa shape index (κ3) is 1.65. The molecule has 0 radical (unpaired) electrons. The highest BCUT2D eigenvalue weighted by atomic mass is 19.2. The molecule has 4 rings (SSSR count). The van der Waals surface area contributed by atoms with Crippen LogP contribution in [0.3, 0.4) is 0 Å². The van der Waals surface area contributed by atoms with Gasteiger partial charge < -0.3 is 4.74 Å². The molecule has 5 heteroatoms. The van der Waals surface area contributed by atoms with Crippen LogP contribution in [0.5, 0.6) is 0 Å². The number of fused-ring (bicyclic) bond motifs is 1. The summed E-state index contributed by atoms with van der Waals surface area (Å²) in [4.78, 5) is 12.9. The number of nitrogens with zero attached hydrogens (tertiary/aromatic N) is 1. The Morgan fingerprint density at radius 3 is 2.50 bits per heavy atom. The smallest absolute Gasteiger partial charge is 0.410 e. The van der Waals surface area contributed by atoms with E-state index in [-0.39, 0.29) is 13.2 Å². The Bertz CT molecular complexity index is 444. The van der Waals surface area contributed by atoms with Crippen molar-refractivity contribution >= 4 is 6.09 Å². The van der Waals surface area contributed by atoms with E-state index in [4.69, 9.17) is 4.74 Å². The second-order valence-electron chi connectivity index (χ2n) is 4.74. The molecule has 2 atom stereocenters. The van der Waals surface area contributed by atoms with E-state index < -0.39 is 30.4 Å². The van der Waals surface area contributed by atoms with Crippen LogP contribution in [0.1, 0.15) is 5.56 Å². The maximum atomic E-state index is 13.3. The molecular formula is C13H13F2NO2. The standard InChI is InChI=1S/C13H13F2NO2/c14-10-9-6-16(12(10)11(9)15)13(17)18-7-8-4-2-1-3-5-8/h1-5,9-12H,6-7H2/t9?,10-,11-,12?/m1/s1. The van der Waals surface area contributed by atoms with Crippen molar-refractivity contribution in [2.75, 3.05) is 6.54 Å². The fourth-order valence-corrected chi connectivity index (χ4v) is 2.60. The van der Waals surface area contributed by atoms with Crippen molar-refractivity contribution in [2.24, 2.45) is 5.92 Å². The monoisotopic (exact) mass is 253 g/mol. The molecular weight excluding hydrogens is 240 g/mol. The molecule has 3 nitrogen and oxygen atoms in total. The average molecular weight is 253 g/mol. The molecule has 3 aliphatic rings. The van der Waals surface area contributed by atoms with Gasteiger partial charge in [-0.1, -0.05) is 30.3 Å². The van der Waals surface area contributed by atoms with Crippen molar-refractivity contribution < 1.29 is 18.3 Å². The Morgan fingerprint density at radius 2 is 1.94 bits per heavy atom. The number of carbonyl (C=O) groups excluding carboxylic acids is 1. The van der Waals surface area contributed by atoms with E-state index in [0.29, 0.717) is 0 Å². The first-order chi connectivity index (χ1) is 8.68. The average Bonchev–Trinajstić information content (AvgIpc) is 2.94. The number of benzene rings is 1. The van der Waals surface area contributed by atoms with Crippen LogP contribution in [0.4, 0.5) is 13.6 Å². The molecule has 0 spiro atoms. The predicted octanol–water partition coefficient (Wildman–Crippen LogP) is 2.31. The van der Waals surface area contributed by atoms with Gasteiger partial charge in [0.05, 0.1) is 6.04 Å². The zero-order chi connectivity index (χ0) is 12.7. The number of amides is 1. The van der Waals surface area contributed by atoms with Gasteiger partial charge in [0, 0.05) is 12.5 Å². The Balaban J connectivity index is 1.57. The molecule has 18 heavy (non-hydrogen) atoms. The van der Waals surface area contributed by atoms with Gasteiger partial charge in [0.15, 0.2) is 0 Å². The fraction of sp³-hybridized carbons (Fsp3) is 0.462. The zero-order valence-corrected chi connectivity index (χ0v) is 9.63. The van der Waals surface area contributed by atoms with Crippen molar-refractivity contribution in [1.82, 2.24) is 4.90 Å². The van der Waals surface area contributed by atoms with Gasteiger partial charge in [0.25, 0.3) is 0 Å². The van der Waals surface area contributed by atoms with Gasteiger partial charge in [-0.2, -0.15) is 0 Å². The van der Waals surface area contributed by atoms with E-state index in [2.05, 4.69) is 0 Å². The minimum Gasteiger partial charge on any atom is -0.445 e. The number of ether oxygens (including phenoxy) is 1. The molecule has 1 saturated carbocycles. The first-order valence-corrected chi connectivity index (χ1v) is 5.94. The molecule has 2 aliphatic heterocycles. The lowest BCUT2D eigenvalue weighted by Crippen LogP contribution is -2.52. The van der Waals surface area contributed by atoms with Gasteiger partial charge >= 0.3 is 6.09 Å². The maximum Gasteiger partial charge on any atom is 0.410 e. The number of hydrogen-bond acceptors (Lipinski definition) is 2. The van der Waals surface area contributed by atoms with Gasteiger partial charge in [-0.3, -0.25) is 4.90 Å². The predicted molar refractivity (Wildman–Crippen MR) is 60.4 cm³/mol. The SMILES string of the molecule is O=C(OCc1ccccc1)N1CC2[C@@H](F)C1[C@@H]2F. The molecule has 2 heterocycles. The lowest BCUT2D eigenvalue weighted by atomic mass is 9.82. The second-order valence-corrected chi connectivity index (χ2v) is 4.74. The molecule has 0 N–H and O–H groups in total. The lowest BCUT2D eigenvalue weighted by Gasteiger charge is -2.33. The van der Waals surface area contributed by atoms with Gasteiger partial charge in [0.1, 0.15) is 19.0 Å². The van der Waals surface area contributed by atoms with Gasteiger partial charge in [-0.25, -0.2) is 13.6 Å². The molecule has 2 saturated heterocycles. The van der Waals surface area contributed by atoms with Crippen LogP contribution < -0.4 is 0 Å². The second kappa shape index (κ2) is 4.23. The number of hydrogen-bond donors (Lipinski definition) is 0. The molecule has 1 aromatic rings. The van der Waals surface area contributed by atoms with Crippen LogP contribution in [-0.4, -0.2) is 35.9 Å². The quantitative estimate of drug-likeness (QED) is 0.809. The molecule has 2 bridgehead atoms. The molecule has 1 aromatic carbocycles. The molecule has 96 valence electrons. The lowest BCUT2D eigenvalue weighted by molar-refractivity contribution is 0.00203. The molecule has 1 aliphatic carbocycles. The largest absolute Gasteiger partial charge is 0.445 e. The fourth-order valence-electron chi connectivity index (χ4n) is 2.60. The number of alkyl halides is 2. The summed E-state index contributed by atoms with van der Waals surface area (Å²) in [6.07, 6.45) is -3.09. The normalized spacial score (nSPS) is 33.1. The Morgan fingerprint density at radius 1 is 1.28 bits per heavy atom. The summed E-state index contributed by atoms with van der Waals surface area (Å²) in [5, 5.41) is 0.